The fourth-order valence-electron chi connectivity index (χ4n) is 2.08. The zero-order valence-electron chi connectivity index (χ0n) is 9.81. The van der Waals surface area contributed by atoms with E-state index in [1.54, 1.807) is 6.07 Å². The summed E-state index contributed by atoms with van der Waals surface area (Å²) in [6.45, 7) is -0.447. The van der Waals surface area contributed by atoms with Gasteiger partial charge in [0.1, 0.15) is 5.75 Å². The Hall–Kier alpha value is -1.28. The van der Waals surface area contributed by atoms with Crippen LogP contribution in [0.25, 0.3) is 0 Å². The molecule has 19 heavy (non-hydrogen) atoms. The smallest absolute Gasteiger partial charge is 0.508 e. The number of halogens is 3. The number of nitrogens with zero attached hydrogens (tertiary/aromatic N) is 1. The molecule has 1 N–H and O–H groups in total. The molecule has 1 aromatic rings. The maximum atomic E-state index is 12.5. The van der Waals surface area contributed by atoms with E-state index in [9.17, 15) is 26.7 Å². The van der Waals surface area contributed by atoms with Crippen molar-refractivity contribution in [3.63, 3.8) is 0 Å². The molecule has 106 valence electrons. The largest absolute Gasteiger partial charge is 0.511 e. The summed E-state index contributed by atoms with van der Waals surface area (Å²) >= 11 is 0. The van der Waals surface area contributed by atoms with Gasteiger partial charge in [-0.2, -0.15) is 17.5 Å². The highest BCUT2D eigenvalue weighted by atomic mass is 32.2. The van der Waals surface area contributed by atoms with Crippen molar-refractivity contribution < 1.29 is 26.7 Å². The molecule has 0 radical (unpaired) electrons. The Labute approximate surface area is 108 Å². The first-order valence-electron chi connectivity index (χ1n) is 5.59. The lowest BCUT2D eigenvalue weighted by molar-refractivity contribution is -0.0488. The molecule has 2 rings (SSSR count). The number of phenolic OH excluding ortho intramolecular Hbond substituents is 1. The van der Waals surface area contributed by atoms with Crippen molar-refractivity contribution in [3.8, 4) is 5.75 Å². The third-order valence-corrected chi connectivity index (χ3v) is 4.71. The van der Waals surface area contributed by atoms with Crippen LogP contribution in [0.15, 0.2) is 18.2 Å². The lowest BCUT2D eigenvalue weighted by Crippen LogP contribution is -2.42. The van der Waals surface area contributed by atoms with Crippen LogP contribution >= 0.6 is 0 Å². The lowest BCUT2D eigenvalue weighted by Gasteiger charge is -2.20. The van der Waals surface area contributed by atoms with E-state index >= 15 is 0 Å². The SMILES string of the molecule is O=S(=O)(N1CCc2ccc(O)cc2CC1)C(F)(F)F. The van der Waals surface area contributed by atoms with Crippen molar-refractivity contribution in [3.05, 3.63) is 29.3 Å². The number of aromatic hydroxyl groups is 1. The molecule has 4 nitrogen and oxygen atoms in total. The van der Waals surface area contributed by atoms with Crippen LogP contribution in [0.5, 0.6) is 5.75 Å². The zero-order chi connectivity index (χ0) is 14.3. The topological polar surface area (TPSA) is 57.6 Å². The molecule has 1 aliphatic heterocycles. The van der Waals surface area contributed by atoms with Gasteiger partial charge in [0, 0.05) is 13.1 Å². The molecule has 1 aliphatic rings. The summed E-state index contributed by atoms with van der Waals surface area (Å²) in [6, 6.07) is 4.50. The van der Waals surface area contributed by atoms with Gasteiger partial charge < -0.3 is 5.11 Å². The highest BCUT2D eigenvalue weighted by Gasteiger charge is 2.49. The minimum absolute atomic E-state index is 0.0193. The fourth-order valence-corrected chi connectivity index (χ4v) is 3.03. The molecule has 0 spiro atoms. The van der Waals surface area contributed by atoms with E-state index in [4.69, 9.17) is 0 Å². The van der Waals surface area contributed by atoms with Gasteiger partial charge in [-0.05, 0) is 36.1 Å². The van der Waals surface area contributed by atoms with Crippen molar-refractivity contribution in [1.82, 2.24) is 4.31 Å². The van der Waals surface area contributed by atoms with Gasteiger partial charge in [0.05, 0.1) is 0 Å². The Morgan fingerprint density at radius 2 is 1.68 bits per heavy atom. The molecule has 0 bridgehead atoms. The van der Waals surface area contributed by atoms with Crippen LogP contribution in [0.3, 0.4) is 0 Å². The maximum absolute atomic E-state index is 12.5. The molecule has 0 aliphatic carbocycles. The van der Waals surface area contributed by atoms with Crippen molar-refractivity contribution in [2.45, 2.75) is 18.3 Å². The monoisotopic (exact) mass is 295 g/mol. The Balaban J connectivity index is 2.25. The molecular weight excluding hydrogens is 283 g/mol. The minimum atomic E-state index is -5.28. The van der Waals surface area contributed by atoms with Gasteiger partial charge in [-0.1, -0.05) is 6.07 Å². The number of rotatable bonds is 1. The molecular formula is C11H12F3NO3S. The first-order valence-corrected chi connectivity index (χ1v) is 7.03. The number of alkyl halides is 3. The molecule has 0 saturated carbocycles. The van der Waals surface area contributed by atoms with Crippen LogP contribution in [-0.2, 0) is 22.9 Å². The third kappa shape index (κ3) is 2.69. The van der Waals surface area contributed by atoms with Gasteiger partial charge in [-0.25, -0.2) is 8.42 Å². The minimum Gasteiger partial charge on any atom is -0.508 e. The van der Waals surface area contributed by atoms with Gasteiger partial charge in [0.15, 0.2) is 0 Å². The van der Waals surface area contributed by atoms with Gasteiger partial charge >= 0.3 is 15.5 Å². The van der Waals surface area contributed by atoms with Gasteiger partial charge in [-0.15, -0.1) is 0 Å². The second kappa shape index (κ2) is 4.68. The average Bonchev–Trinajstić information content (AvgIpc) is 2.49. The molecule has 0 unspecified atom stereocenters. The van der Waals surface area contributed by atoms with Crippen LogP contribution < -0.4 is 0 Å². The maximum Gasteiger partial charge on any atom is 0.511 e. The first-order chi connectivity index (χ1) is 8.72. The van der Waals surface area contributed by atoms with E-state index in [0.717, 1.165) is 5.56 Å². The van der Waals surface area contributed by atoms with Crippen LogP contribution in [0.1, 0.15) is 11.1 Å². The molecule has 0 saturated heterocycles. The Morgan fingerprint density at radius 1 is 1.11 bits per heavy atom. The quantitative estimate of drug-likeness (QED) is 0.857. The lowest BCUT2D eigenvalue weighted by atomic mass is 10.0. The normalized spacial score (nSPS) is 17.8. The molecule has 1 heterocycles. The summed E-state index contributed by atoms with van der Waals surface area (Å²) in [5.41, 5.74) is -3.83. The summed E-state index contributed by atoms with van der Waals surface area (Å²) in [6.07, 6.45) is 0.351. The van der Waals surface area contributed by atoms with E-state index in [2.05, 4.69) is 0 Å². The summed E-state index contributed by atoms with van der Waals surface area (Å²) in [5, 5.41) is 9.32. The van der Waals surface area contributed by atoms with E-state index in [-0.39, 0.29) is 31.7 Å². The number of phenols is 1. The number of hydrogen-bond acceptors (Lipinski definition) is 3. The highest BCUT2D eigenvalue weighted by Crippen LogP contribution is 2.29. The average molecular weight is 295 g/mol. The second-order valence-corrected chi connectivity index (χ2v) is 6.23. The molecule has 0 atom stereocenters. The van der Waals surface area contributed by atoms with E-state index in [1.165, 1.54) is 12.1 Å². The highest BCUT2D eigenvalue weighted by molar-refractivity contribution is 7.90. The molecule has 0 fully saturated rings. The number of hydrogen-bond donors (Lipinski definition) is 1. The van der Waals surface area contributed by atoms with Crippen molar-refractivity contribution in [2.75, 3.05) is 13.1 Å². The molecule has 1 aromatic carbocycles. The number of fused-ring (bicyclic) bond motifs is 1. The van der Waals surface area contributed by atoms with Gasteiger partial charge in [0.2, 0.25) is 0 Å². The predicted molar refractivity (Wildman–Crippen MR) is 62.1 cm³/mol. The molecule has 8 heteroatoms. The van der Waals surface area contributed by atoms with Crippen molar-refractivity contribution in [1.29, 1.82) is 0 Å². The van der Waals surface area contributed by atoms with Crippen LogP contribution in [-0.4, -0.2) is 36.4 Å². The van der Waals surface area contributed by atoms with E-state index in [0.29, 0.717) is 9.87 Å². The predicted octanol–water partition coefficient (Wildman–Crippen LogP) is 1.64. The second-order valence-electron chi connectivity index (χ2n) is 4.30. The van der Waals surface area contributed by atoms with Crippen LogP contribution in [0, 0.1) is 0 Å². The Morgan fingerprint density at radius 3 is 2.26 bits per heavy atom. The Bertz CT molecular complexity index is 583. The van der Waals surface area contributed by atoms with E-state index < -0.39 is 15.5 Å². The van der Waals surface area contributed by atoms with Crippen molar-refractivity contribution >= 4 is 10.0 Å². The van der Waals surface area contributed by atoms with E-state index in [1.807, 2.05) is 0 Å². The zero-order valence-corrected chi connectivity index (χ0v) is 10.6. The summed E-state index contributed by atoms with van der Waals surface area (Å²) < 4.78 is 60.5. The summed E-state index contributed by atoms with van der Waals surface area (Å²) in [4.78, 5) is 0. The van der Waals surface area contributed by atoms with Crippen LogP contribution in [0.2, 0.25) is 0 Å². The Kier molecular flexibility index (Phi) is 3.48. The van der Waals surface area contributed by atoms with Crippen LogP contribution in [0.4, 0.5) is 13.2 Å². The molecule has 0 amide bonds. The molecule has 0 aromatic heterocycles. The van der Waals surface area contributed by atoms with Gasteiger partial charge in [-0.3, -0.25) is 0 Å². The fraction of sp³-hybridized carbons (Fsp3) is 0.455. The standard InChI is InChI=1S/C11H12F3NO3S/c12-11(13,14)19(17,18)15-5-3-8-1-2-10(16)7-9(8)4-6-15/h1-2,7,16H,3-6H2. The summed E-state index contributed by atoms with van der Waals surface area (Å²) in [5.74, 6) is 0.0193. The first kappa shape index (κ1) is 14.1. The number of sulfonamides is 1. The van der Waals surface area contributed by atoms with Gasteiger partial charge in [0.25, 0.3) is 0 Å². The summed E-state index contributed by atoms with van der Waals surface area (Å²) in [7, 11) is -5.28. The third-order valence-electron chi connectivity index (χ3n) is 3.08. The number of benzene rings is 1. The van der Waals surface area contributed by atoms with Crippen molar-refractivity contribution in [2.24, 2.45) is 0 Å².